The second kappa shape index (κ2) is 5.58. The first-order valence-corrected chi connectivity index (χ1v) is 7.10. The van der Waals surface area contributed by atoms with Crippen molar-refractivity contribution < 1.29 is 19.0 Å². The average Bonchev–Trinajstić information content (AvgIpc) is 2.79. The van der Waals surface area contributed by atoms with Crippen LogP contribution in [0.5, 0.6) is 0 Å². The van der Waals surface area contributed by atoms with Crippen LogP contribution >= 0.6 is 0 Å². The number of nitrogens with zero attached hydrogens (tertiary/aromatic N) is 2. The summed E-state index contributed by atoms with van der Waals surface area (Å²) in [6.07, 6.45) is 0.171. The van der Waals surface area contributed by atoms with Crippen LogP contribution in [0.25, 0.3) is 0 Å². The minimum Gasteiger partial charge on any atom is -0.444 e. The SMILES string of the molecule is CC(C)(C)OC(=O)N1CCCC1(O)c1cc(F)cc(C#N)c1. The number of aliphatic hydroxyl groups is 1. The number of amides is 1. The van der Waals surface area contributed by atoms with Crippen molar-refractivity contribution in [2.45, 2.75) is 44.9 Å². The molecule has 1 aliphatic heterocycles. The fraction of sp³-hybridized carbons (Fsp3) is 0.500. The molecule has 0 spiro atoms. The Morgan fingerprint density at radius 3 is 2.73 bits per heavy atom. The Kier molecular flexibility index (Phi) is 4.12. The zero-order valence-corrected chi connectivity index (χ0v) is 12.9. The largest absolute Gasteiger partial charge is 0.444 e. The first kappa shape index (κ1) is 16.2. The Labute approximate surface area is 128 Å². The highest BCUT2D eigenvalue weighted by Gasteiger charge is 2.45. The van der Waals surface area contributed by atoms with Gasteiger partial charge in [-0.25, -0.2) is 9.18 Å². The molecule has 1 amide bonds. The normalized spacial score (nSPS) is 21.5. The fourth-order valence-electron chi connectivity index (χ4n) is 2.55. The number of carbonyl (C=O) groups excluding carboxylic acids is 1. The highest BCUT2D eigenvalue weighted by Crippen LogP contribution is 2.38. The smallest absolute Gasteiger partial charge is 0.412 e. The van der Waals surface area contributed by atoms with Gasteiger partial charge in [-0.15, -0.1) is 0 Å². The number of rotatable bonds is 1. The van der Waals surface area contributed by atoms with Crippen molar-refractivity contribution >= 4 is 6.09 Å². The maximum absolute atomic E-state index is 13.6. The van der Waals surface area contributed by atoms with E-state index in [2.05, 4.69) is 0 Å². The van der Waals surface area contributed by atoms with Gasteiger partial charge in [0.15, 0.2) is 5.72 Å². The molecule has 0 saturated carbocycles. The molecule has 1 fully saturated rings. The molecule has 1 aliphatic rings. The highest BCUT2D eigenvalue weighted by atomic mass is 19.1. The molecule has 118 valence electrons. The van der Waals surface area contributed by atoms with Gasteiger partial charge in [0.25, 0.3) is 0 Å². The van der Waals surface area contributed by atoms with E-state index in [1.165, 1.54) is 11.0 Å². The third kappa shape index (κ3) is 3.20. The molecule has 0 radical (unpaired) electrons. The van der Waals surface area contributed by atoms with Crippen LogP contribution < -0.4 is 0 Å². The van der Waals surface area contributed by atoms with Gasteiger partial charge in [0.05, 0.1) is 11.6 Å². The number of hydrogen-bond donors (Lipinski definition) is 1. The van der Waals surface area contributed by atoms with Gasteiger partial charge in [0, 0.05) is 18.5 Å². The molecule has 1 unspecified atom stereocenters. The number of halogens is 1. The van der Waals surface area contributed by atoms with Gasteiger partial charge >= 0.3 is 6.09 Å². The summed E-state index contributed by atoms with van der Waals surface area (Å²) in [7, 11) is 0. The lowest BCUT2D eigenvalue weighted by Gasteiger charge is -2.35. The summed E-state index contributed by atoms with van der Waals surface area (Å²) in [6, 6.07) is 5.47. The number of likely N-dealkylation sites (tertiary alicyclic amines) is 1. The predicted octanol–water partition coefficient (Wildman–Crippen LogP) is 2.87. The lowest BCUT2D eigenvalue weighted by molar-refractivity contribution is -0.0895. The lowest BCUT2D eigenvalue weighted by atomic mass is 9.98. The molecule has 0 aromatic heterocycles. The predicted molar refractivity (Wildman–Crippen MR) is 77.2 cm³/mol. The monoisotopic (exact) mass is 306 g/mol. The van der Waals surface area contributed by atoms with Crippen molar-refractivity contribution in [3.63, 3.8) is 0 Å². The second-order valence-corrected chi connectivity index (χ2v) is 6.39. The third-order valence-electron chi connectivity index (χ3n) is 3.46. The number of ether oxygens (including phenoxy) is 1. The van der Waals surface area contributed by atoms with Crippen molar-refractivity contribution in [2.75, 3.05) is 6.54 Å². The van der Waals surface area contributed by atoms with E-state index in [-0.39, 0.29) is 17.5 Å². The quantitative estimate of drug-likeness (QED) is 0.866. The Bertz CT molecular complexity index is 633. The van der Waals surface area contributed by atoms with Crippen LogP contribution in [0, 0.1) is 17.1 Å². The first-order chi connectivity index (χ1) is 10.2. The molecule has 6 heteroatoms. The van der Waals surface area contributed by atoms with Crippen LogP contribution in [0.15, 0.2) is 18.2 Å². The first-order valence-electron chi connectivity index (χ1n) is 7.10. The lowest BCUT2D eigenvalue weighted by Crippen LogP contribution is -2.47. The molecule has 2 rings (SSSR count). The van der Waals surface area contributed by atoms with E-state index in [9.17, 15) is 14.3 Å². The molecule has 0 bridgehead atoms. The van der Waals surface area contributed by atoms with E-state index in [1.807, 2.05) is 6.07 Å². The van der Waals surface area contributed by atoms with E-state index in [0.717, 1.165) is 12.1 Å². The minimum atomic E-state index is -1.66. The van der Waals surface area contributed by atoms with E-state index in [1.54, 1.807) is 20.8 Å². The van der Waals surface area contributed by atoms with Crippen molar-refractivity contribution in [3.05, 3.63) is 35.1 Å². The topological polar surface area (TPSA) is 73.6 Å². The van der Waals surface area contributed by atoms with Crippen LogP contribution in [0.3, 0.4) is 0 Å². The molecule has 0 aliphatic carbocycles. The summed E-state index contributed by atoms with van der Waals surface area (Å²) in [5.41, 5.74) is -2.07. The highest BCUT2D eigenvalue weighted by molar-refractivity contribution is 5.70. The summed E-state index contributed by atoms with van der Waals surface area (Å²) in [6.45, 7) is 5.51. The summed E-state index contributed by atoms with van der Waals surface area (Å²) < 4.78 is 18.9. The van der Waals surface area contributed by atoms with Crippen LogP contribution in [0.2, 0.25) is 0 Å². The van der Waals surface area contributed by atoms with E-state index < -0.39 is 23.2 Å². The Morgan fingerprint density at radius 2 is 2.14 bits per heavy atom. The maximum Gasteiger partial charge on any atom is 0.412 e. The second-order valence-electron chi connectivity index (χ2n) is 6.39. The van der Waals surface area contributed by atoms with Gasteiger partial charge in [-0.2, -0.15) is 5.26 Å². The van der Waals surface area contributed by atoms with Crippen molar-refractivity contribution in [3.8, 4) is 6.07 Å². The number of nitriles is 1. The molecule has 5 nitrogen and oxygen atoms in total. The molecule has 1 saturated heterocycles. The number of carbonyl (C=O) groups is 1. The van der Waals surface area contributed by atoms with Crippen LogP contribution in [0.1, 0.15) is 44.7 Å². The molecule has 1 aromatic rings. The van der Waals surface area contributed by atoms with Crippen LogP contribution in [-0.2, 0) is 10.5 Å². The maximum atomic E-state index is 13.6. The van der Waals surface area contributed by atoms with Gasteiger partial charge in [0.2, 0.25) is 0 Å². The van der Waals surface area contributed by atoms with E-state index in [0.29, 0.717) is 13.0 Å². The average molecular weight is 306 g/mol. The van der Waals surface area contributed by atoms with Crippen LogP contribution in [0.4, 0.5) is 9.18 Å². The summed E-state index contributed by atoms with van der Waals surface area (Å²) >= 11 is 0. The summed E-state index contributed by atoms with van der Waals surface area (Å²) in [5.74, 6) is -0.626. The molecular formula is C16H19FN2O3. The Hall–Kier alpha value is -2.13. The Morgan fingerprint density at radius 1 is 1.45 bits per heavy atom. The van der Waals surface area contributed by atoms with Gasteiger partial charge in [-0.3, -0.25) is 4.90 Å². The minimum absolute atomic E-state index is 0.0967. The summed E-state index contributed by atoms with van der Waals surface area (Å²) in [4.78, 5) is 13.5. The molecule has 22 heavy (non-hydrogen) atoms. The van der Waals surface area contributed by atoms with Gasteiger partial charge < -0.3 is 9.84 Å². The van der Waals surface area contributed by atoms with E-state index in [4.69, 9.17) is 10.00 Å². The Balaban J connectivity index is 2.37. The van der Waals surface area contributed by atoms with E-state index >= 15 is 0 Å². The van der Waals surface area contributed by atoms with Gasteiger partial charge in [-0.1, -0.05) is 0 Å². The molecule has 1 aromatic carbocycles. The molecule has 1 atom stereocenters. The van der Waals surface area contributed by atoms with Crippen molar-refractivity contribution in [1.29, 1.82) is 5.26 Å². The molecular weight excluding hydrogens is 287 g/mol. The van der Waals surface area contributed by atoms with Crippen molar-refractivity contribution in [2.24, 2.45) is 0 Å². The zero-order chi connectivity index (χ0) is 16.5. The molecule has 1 N–H and O–H groups in total. The standard InChI is InChI=1S/C16H19FN2O3/c1-15(2,3)22-14(20)19-6-4-5-16(19,21)12-7-11(10-18)8-13(17)9-12/h7-9,21H,4-6H2,1-3H3. The van der Waals surface area contributed by atoms with Gasteiger partial charge in [0.1, 0.15) is 11.4 Å². The van der Waals surface area contributed by atoms with Crippen LogP contribution in [-0.4, -0.2) is 28.2 Å². The zero-order valence-electron chi connectivity index (χ0n) is 12.9. The summed E-state index contributed by atoms with van der Waals surface area (Å²) in [5, 5.41) is 19.8. The number of hydrogen-bond acceptors (Lipinski definition) is 4. The van der Waals surface area contributed by atoms with Gasteiger partial charge in [-0.05, 0) is 45.4 Å². The molecule has 1 heterocycles. The third-order valence-corrected chi connectivity index (χ3v) is 3.46. The fourth-order valence-corrected chi connectivity index (χ4v) is 2.55. The van der Waals surface area contributed by atoms with Crippen molar-refractivity contribution in [1.82, 2.24) is 4.90 Å². The number of benzene rings is 1.